The summed E-state index contributed by atoms with van der Waals surface area (Å²) >= 11 is 0. The zero-order valence-electron chi connectivity index (χ0n) is 16.0. The molecule has 0 aliphatic rings. The second-order valence-electron chi connectivity index (χ2n) is 6.38. The Labute approximate surface area is 156 Å². The second kappa shape index (κ2) is 7.91. The predicted octanol–water partition coefficient (Wildman–Crippen LogP) is 3.89. The lowest BCUT2D eigenvalue weighted by Gasteiger charge is -2.19. The number of hydrogen-bond acceptors (Lipinski definition) is 3. The number of nitrogens with one attached hydrogen (secondary N) is 1. The van der Waals surface area contributed by atoms with Crippen molar-refractivity contribution in [1.82, 2.24) is 4.90 Å². The molecule has 5 nitrogen and oxygen atoms in total. The van der Waals surface area contributed by atoms with E-state index in [1.807, 2.05) is 46.8 Å². The summed E-state index contributed by atoms with van der Waals surface area (Å²) in [5, 5.41) is 0. The van der Waals surface area contributed by atoms with E-state index < -0.39 is 10.0 Å². The van der Waals surface area contributed by atoms with Gasteiger partial charge in [-0.3, -0.25) is 9.52 Å². The minimum absolute atomic E-state index is 0.0999. The Morgan fingerprint density at radius 1 is 0.962 bits per heavy atom. The lowest BCUT2D eigenvalue weighted by atomic mass is 10.1. The maximum atomic E-state index is 12.7. The number of rotatable bonds is 6. The van der Waals surface area contributed by atoms with Crippen molar-refractivity contribution in [2.75, 3.05) is 17.8 Å². The highest BCUT2D eigenvalue weighted by Gasteiger charge is 2.18. The third-order valence-electron chi connectivity index (χ3n) is 4.38. The zero-order valence-corrected chi connectivity index (χ0v) is 16.8. The predicted molar refractivity (Wildman–Crippen MR) is 105 cm³/mol. The van der Waals surface area contributed by atoms with Crippen LogP contribution in [0.4, 0.5) is 5.69 Å². The van der Waals surface area contributed by atoms with Crippen LogP contribution in [0.25, 0.3) is 0 Å². The van der Waals surface area contributed by atoms with Gasteiger partial charge in [-0.25, -0.2) is 8.42 Å². The van der Waals surface area contributed by atoms with Gasteiger partial charge in [-0.15, -0.1) is 0 Å². The van der Waals surface area contributed by atoms with Crippen molar-refractivity contribution in [3.8, 4) is 0 Å². The first kappa shape index (κ1) is 20.0. The summed E-state index contributed by atoms with van der Waals surface area (Å²) in [6.45, 7) is 10.8. The summed E-state index contributed by atoms with van der Waals surface area (Å²) < 4.78 is 28.1. The van der Waals surface area contributed by atoms with Gasteiger partial charge in [0.2, 0.25) is 0 Å². The van der Waals surface area contributed by atoms with Crippen molar-refractivity contribution < 1.29 is 13.2 Å². The van der Waals surface area contributed by atoms with E-state index in [0.717, 1.165) is 16.7 Å². The molecule has 26 heavy (non-hydrogen) atoms. The van der Waals surface area contributed by atoms with Gasteiger partial charge in [0.15, 0.2) is 0 Å². The smallest absolute Gasteiger partial charge is 0.261 e. The van der Waals surface area contributed by atoms with Crippen molar-refractivity contribution in [3.63, 3.8) is 0 Å². The molecular weight excluding hydrogens is 348 g/mol. The Bertz CT molecular complexity index is 876. The Hall–Kier alpha value is -2.34. The molecule has 0 aliphatic carbocycles. The van der Waals surface area contributed by atoms with Crippen molar-refractivity contribution in [1.29, 1.82) is 0 Å². The van der Waals surface area contributed by atoms with Gasteiger partial charge < -0.3 is 4.90 Å². The first-order valence-corrected chi connectivity index (χ1v) is 10.2. The molecule has 0 bridgehead atoms. The summed E-state index contributed by atoms with van der Waals surface area (Å²) in [6.07, 6.45) is 0. The Kier molecular flexibility index (Phi) is 6.08. The lowest BCUT2D eigenvalue weighted by Crippen LogP contribution is -2.30. The highest BCUT2D eigenvalue weighted by molar-refractivity contribution is 7.92. The molecule has 0 spiro atoms. The summed E-state index contributed by atoms with van der Waals surface area (Å²) in [6, 6.07) is 9.94. The molecule has 0 radical (unpaired) electrons. The average molecular weight is 375 g/mol. The number of aryl methyl sites for hydroxylation is 3. The number of hydrogen-bond donors (Lipinski definition) is 1. The normalized spacial score (nSPS) is 11.3. The number of nitrogens with zero attached hydrogens (tertiary/aromatic N) is 1. The van der Waals surface area contributed by atoms with Crippen LogP contribution in [0.5, 0.6) is 0 Å². The molecule has 140 valence electrons. The fraction of sp³-hybridized carbons (Fsp3) is 0.350. The van der Waals surface area contributed by atoms with E-state index in [1.165, 1.54) is 12.1 Å². The van der Waals surface area contributed by atoms with Crippen LogP contribution < -0.4 is 4.72 Å². The fourth-order valence-electron chi connectivity index (χ4n) is 3.00. The van der Waals surface area contributed by atoms with Gasteiger partial charge >= 0.3 is 0 Å². The third kappa shape index (κ3) is 4.25. The molecule has 2 aromatic rings. The molecule has 0 fully saturated rings. The molecular formula is C20H26N2O3S. The van der Waals surface area contributed by atoms with Crippen molar-refractivity contribution in [2.24, 2.45) is 0 Å². The number of carbonyl (C=O) groups is 1. The van der Waals surface area contributed by atoms with Crippen LogP contribution in [0, 0.1) is 20.8 Å². The molecule has 0 aliphatic heterocycles. The van der Waals surface area contributed by atoms with Gasteiger partial charge in [-0.1, -0.05) is 17.7 Å². The number of anilines is 1. The van der Waals surface area contributed by atoms with Crippen LogP contribution in [0.1, 0.15) is 40.9 Å². The number of benzene rings is 2. The standard InChI is InChI=1S/C20H26N2O3S/c1-6-22(7-2)20(23)17-8-10-18(11-9-17)26(24,25)21-19-15(4)12-14(3)13-16(19)5/h8-13,21H,6-7H2,1-5H3. The SMILES string of the molecule is CCN(CC)C(=O)c1ccc(S(=O)(=O)Nc2c(C)cc(C)cc2C)cc1. The van der Waals surface area contributed by atoms with E-state index in [1.54, 1.807) is 17.0 Å². The van der Waals surface area contributed by atoms with E-state index in [4.69, 9.17) is 0 Å². The molecule has 0 atom stereocenters. The number of sulfonamides is 1. The maximum absolute atomic E-state index is 12.7. The average Bonchev–Trinajstić information content (AvgIpc) is 2.59. The van der Waals surface area contributed by atoms with E-state index in [9.17, 15) is 13.2 Å². The number of carbonyl (C=O) groups excluding carboxylic acids is 1. The molecule has 2 aromatic carbocycles. The van der Waals surface area contributed by atoms with Crippen LogP contribution in [0.15, 0.2) is 41.3 Å². The molecule has 0 saturated carbocycles. The third-order valence-corrected chi connectivity index (χ3v) is 5.74. The largest absolute Gasteiger partial charge is 0.339 e. The Morgan fingerprint density at radius 3 is 1.92 bits per heavy atom. The highest BCUT2D eigenvalue weighted by atomic mass is 32.2. The van der Waals surface area contributed by atoms with Gasteiger partial charge in [-0.2, -0.15) is 0 Å². The molecule has 2 rings (SSSR count). The Balaban J connectivity index is 2.29. The van der Waals surface area contributed by atoms with Gasteiger partial charge in [0, 0.05) is 18.7 Å². The quantitative estimate of drug-likeness (QED) is 0.834. The van der Waals surface area contributed by atoms with E-state index in [2.05, 4.69) is 4.72 Å². The topological polar surface area (TPSA) is 66.5 Å². The van der Waals surface area contributed by atoms with Crippen LogP contribution in [0.3, 0.4) is 0 Å². The molecule has 0 heterocycles. The van der Waals surface area contributed by atoms with Crippen LogP contribution in [0.2, 0.25) is 0 Å². The van der Waals surface area contributed by atoms with Crippen molar-refractivity contribution in [3.05, 3.63) is 58.7 Å². The van der Waals surface area contributed by atoms with E-state index >= 15 is 0 Å². The number of amides is 1. The van der Waals surface area contributed by atoms with Crippen LogP contribution in [-0.4, -0.2) is 32.3 Å². The van der Waals surface area contributed by atoms with Crippen molar-refractivity contribution in [2.45, 2.75) is 39.5 Å². The molecule has 6 heteroatoms. The van der Waals surface area contributed by atoms with Gasteiger partial charge in [0.25, 0.3) is 15.9 Å². The summed E-state index contributed by atoms with van der Waals surface area (Å²) in [5.74, 6) is -0.0999. The molecule has 1 N–H and O–H groups in total. The van der Waals surface area contributed by atoms with Gasteiger partial charge in [-0.05, 0) is 70.0 Å². The molecule has 0 unspecified atom stereocenters. The first-order chi connectivity index (χ1) is 12.2. The van der Waals surface area contributed by atoms with Crippen LogP contribution >= 0.6 is 0 Å². The minimum Gasteiger partial charge on any atom is -0.339 e. The summed E-state index contributed by atoms with van der Waals surface area (Å²) in [5.41, 5.74) is 3.91. The fourth-order valence-corrected chi connectivity index (χ4v) is 4.21. The minimum atomic E-state index is -3.72. The van der Waals surface area contributed by atoms with E-state index in [0.29, 0.717) is 24.3 Å². The molecule has 1 amide bonds. The lowest BCUT2D eigenvalue weighted by molar-refractivity contribution is 0.0773. The summed E-state index contributed by atoms with van der Waals surface area (Å²) in [4.78, 5) is 14.2. The maximum Gasteiger partial charge on any atom is 0.261 e. The zero-order chi connectivity index (χ0) is 19.5. The van der Waals surface area contributed by atoms with Gasteiger partial charge in [0.05, 0.1) is 10.6 Å². The summed E-state index contributed by atoms with van der Waals surface area (Å²) in [7, 11) is -3.72. The molecule has 0 aromatic heterocycles. The first-order valence-electron chi connectivity index (χ1n) is 8.69. The van der Waals surface area contributed by atoms with Crippen molar-refractivity contribution >= 4 is 21.6 Å². The van der Waals surface area contributed by atoms with E-state index in [-0.39, 0.29) is 10.8 Å². The highest BCUT2D eigenvalue weighted by Crippen LogP contribution is 2.25. The van der Waals surface area contributed by atoms with Gasteiger partial charge in [0.1, 0.15) is 0 Å². The second-order valence-corrected chi connectivity index (χ2v) is 8.06. The Morgan fingerprint density at radius 2 is 1.46 bits per heavy atom. The van der Waals surface area contributed by atoms with Crippen LogP contribution in [-0.2, 0) is 10.0 Å². The monoisotopic (exact) mass is 374 g/mol. The molecule has 0 saturated heterocycles.